The van der Waals surface area contributed by atoms with Crippen LogP contribution in [0.5, 0.6) is 0 Å². The molecule has 126 valence electrons. The molecule has 2 aromatic rings. The maximum Gasteiger partial charge on any atom is 0.228 e. The van der Waals surface area contributed by atoms with E-state index in [0.29, 0.717) is 12.1 Å². The van der Waals surface area contributed by atoms with Gasteiger partial charge in [0.25, 0.3) is 0 Å². The van der Waals surface area contributed by atoms with Crippen LogP contribution in [0.4, 0.5) is 20.2 Å². The SMILES string of the molecule is CCN(C)c1ccccc1NC(=O)C1CC1c1c(F)cccc1F. The highest BCUT2D eigenvalue weighted by molar-refractivity contribution is 5.98. The predicted octanol–water partition coefficient (Wildman–Crippen LogP) is 4.16. The van der Waals surface area contributed by atoms with Gasteiger partial charge in [-0.3, -0.25) is 4.79 Å². The lowest BCUT2D eigenvalue weighted by molar-refractivity contribution is -0.117. The van der Waals surface area contributed by atoms with Gasteiger partial charge in [-0.15, -0.1) is 0 Å². The Hall–Kier alpha value is -2.43. The number of carbonyl (C=O) groups excluding carboxylic acids is 1. The van der Waals surface area contributed by atoms with Crippen LogP contribution in [0.25, 0.3) is 0 Å². The van der Waals surface area contributed by atoms with E-state index in [4.69, 9.17) is 0 Å². The molecule has 3 nitrogen and oxygen atoms in total. The summed E-state index contributed by atoms with van der Waals surface area (Å²) in [7, 11) is 1.94. The number of benzene rings is 2. The maximum atomic E-state index is 13.8. The second kappa shape index (κ2) is 6.59. The van der Waals surface area contributed by atoms with Crippen molar-refractivity contribution >= 4 is 17.3 Å². The Morgan fingerprint density at radius 1 is 1.17 bits per heavy atom. The van der Waals surface area contributed by atoms with Crippen molar-refractivity contribution in [1.29, 1.82) is 0 Å². The minimum absolute atomic E-state index is 0.0246. The van der Waals surface area contributed by atoms with Crippen molar-refractivity contribution < 1.29 is 13.6 Å². The van der Waals surface area contributed by atoms with Crippen LogP contribution in [-0.2, 0) is 4.79 Å². The number of nitrogens with one attached hydrogen (secondary N) is 1. The summed E-state index contributed by atoms with van der Waals surface area (Å²) in [4.78, 5) is 14.5. The zero-order chi connectivity index (χ0) is 17.3. The van der Waals surface area contributed by atoms with Crippen LogP contribution in [0.1, 0.15) is 24.8 Å². The summed E-state index contributed by atoms with van der Waals surface area (Å²) >= 11 is 0. The molecule has 24 heavy (non-hydrogen) atoms. The number of hydrogen-bond acceptors (Lipinski definition) is 2. The number of halogens is 2. The van der Waals surface area contributed by atoms with E-state index in [9.17, 15) is 13.6 Å². The average Bonchev–Trinajstić information content (AvgIpc) is 3.35. The van der Waals surface area contributed by atoms with Crippen molar-refractivity contribution in [2.75, 3.05) is 23.8 Å². The standard InChI is InChI=1S/C19H20F2N2O/c1-3-23(2)17-10-5-4-9-16(17)22-19(24)13-11-12(13)18-14(20)7-6-8-15(18)21/h4-10,12-13H,3,11H2,1-2H3,(H,22,24). The molecule has 1 N–H and O–H groups in total. The summed E-state index contributed by atoms with van der Waals surface area (Å²) < 4.78 is 27.7. The van der Waals surface area contributed by atoms with Crippen LogP contribution in [0.15, 0.2) is 42.5 Å². The van der Waals surface area contributed by atoms with Crippen LogP contribution in [-0.4, -0.2) is 19.5 Å². The fourth-order valence-electron chi connectivity index (χ4n) is 2.98. The third-order valence-corrected chi connectivity index (χ3v) is 4.55. The Morgan fingerprint density at radius 2 is 1.83 bits per heavy atom. The molecule has 2 aromatic carbocycles. The van der Waals surface area contributed by atoms with Gasteiger partial charge in [-0.1, -0.05) is 18.2 Å². The quantitative estimate of drug-likeness (QED) is 0.893. The smallest absolute Gasteiger partial charge is 0.228 e. The lowest BCUT2D eigenvalue weighted by Crippen LogP contribution is -2.21. The van der Waals surface area contributed by atoms with Crippen LogP contribution >= 0.6 is 0 Å². The first-order chi connectivity index (χ1) is 11.5. The van der Waals surface area contributed by atoms with E-state index in [2.05, 4.69) is 5.32 Å². The summed E-state index contributed by atoms with van der Waals surface area (Å²) in [6.07, 6.45) is 0.468. The van der Waals surface area contributed by atoms with Crippen molar-refractivity contribution in [3.05, 3.63) is 59.7 Å². The average molecular weight is 330 g/mol. The number of carbonyl (C=O) groups is 1. The number of rotatable bonds is 5. The first kappa shape index (κ1) is 16.4. The highest BCUT2D eigenvalue weighted by Gasteiger charge is 2.46. The van der Waals surface area contributed by atoms with E-state index < -0.39 is 17.6 Å². The molecule has 0 spiro atoms. The van der Waals surface area contributed by atoms with Crippen LogP contribution in [0, 0.1) is 17.6 Å². The molecule has 0 radical (unpaired) electrons. The number of para-hydroxylation sites is 2. The molecule has 1 saturated carbocycles. The highest BCUT2D eigenvalue weighted by Crippen LogP contribution is 2.49. The molecule has 0 aromatic heterocycles. The fourth-order valence-corrected chi connectivity index (χ4v) is 2.98. The number of amides is 1. The Kier molecular flexibility index (Phi) is 4.51. The van der Waals surface area contributed by atoms with Gasteiger partial charge in [-0.25, -0.2) is 8.78 Å². The molecule has 1 aliphatic carbocycles. The van der Waals surface area contributed by atoms with Crippen LogP contribution < -0.4 is 10.2 Å². The van der Waals surface area contributed by atoms with Crippen molar-refractivity contribution in [3.8, 4) is 0 Å². The number of hydrogen-bond donors (Lipinski definition) is 1. The predicted molar refractivity (Wildman–Crippen MR) is 91.2 cm³/mol. The van der Waals surface area contributed by atoms with Crippen LogP contribution in [0.3, 0.4) is 0 Å². The van der Waals surface area contributed by atoms with Crippen molar-refractivity contribution in [2.24, 2.45) is 5.92 Å². The van der Waals surface area contributed by atoms with E-state index in [-0.39, 0.29) is 17.4 Å². The minimum Gasteiger partial charge on any atom is -0.373 e. The first-order valence-electron chi connectivity index (χ1n) is 8.07. The molecule has 0 saturated heterocycles. The maximum absolute atomic E-state index is 13.8. The van der Waals surface area contributed by atoms with Gasteiger partial charge in [-0.05, 0) is 37.6 Å². The van der Waals surface area contributed by atoms with E-state index in [1.54, 1.807) is 0 Å². The van der Waals surface area contributed by atoms with Crippen molar-refractivity contribution in [2.45, 2.75) is 19.3 Å². The molecule has 3 rings (SSSR count). The van der Waals surface area contributed by atoms with Gasteiger partial charge in [0.05, 0.1) is 11.4 Å². The van der Waals surface area contributed by atoms with Crippen LogP contribution in [0.2, 0.25) is 0 Å². The Morgan fingerprint density at radius 3 is 2.50 bits per heavy atom. The third kappa shape index (κ3) is 3.11. The molecule has 1 fully saturated rings. The van der Waals surface area contributed by atoms with Gasteiger partial charge in [0.2, 0.25) is 5.91 Å². The summed E-state index contributed by atoms with van der Waals surface area (Å²) in [6.45, 7) is 2.83. The van der Waals surface area contributed by atoms with Gasteiger partial charge < -0.3 is 10.2 Å². The molecule has 2 atom stereocenters. The lowest BCUT2D eigenvalue weighted by atomic mass is 10.1. The van der Waals surface area contributed by atoms with Crippen molar-refractivity contribution in [1.82, 2.24) is 0 Å². The fraction of sp³-hybridized carbons (Fsp3) is 0.316. The van der Waals surface area contributed by atoms with E-state index in [0.717, 1.165) is 12.2 Å². The Labute approximate surface area is 140 Å². The summed E-state index contributed by atoms with van der Waals surface area (Å²) in [5, 5.41) is 2.90. The number of anilines is 2. The van der Waals surface area contributed by atoms with Crippen molar-refractivity contribution in [3.63, 3.8) is 0 Å². The monoisotopic (exact) mass is 330 g/mol. The molecule has 0 aliphatic heterocycles. The zero-order valence-electron chi connectivity index (χ0n) is 13.7. The highest BCUT2D eigenvalue weighted by atomic mass is 19.1. The lowest BCUT2D eigenvalue weighted by Gasteiger charge is -2.20. The molecule has 5 heteroatoms. The van der Waals surface area contributed by atoms with Gasteiger partial charge in [0.15, 0.2) is 0 Å². The van der Waals surface area contributed by atoms with Gasteiger partial charge in [-0.2, -0.15) is 0 Å². The van der Waals surface area contributed by atoms with Gasteiger partial charge in [0.1, 0.15) is 11.6 Å². The molecular formula is C19H20F2N2O. The summed E-state index contributed by atoms with van der Waals surface area (Å²) in [5.41, 5.74) is 1.66. The molecule has 2 unspecified atom stereocenters. The van der Waals surface area contributed by atoms with Gasteiger partial charge in [0, 0.05) is 31.0 Å². The van der Waals surface area contributed by atoms with Gasteiger partial charge >= 0.3 is 0 Å². The molecule has 0 bridgehead atoms. The zero-order valence-corrected chi connectivity index (χ0v) is 13.7. The Balaban J connectivity index is 1.74. The molecular weight excluding hydrogens is 310 g/mol. The summed E-state index contributed by atoms with van der Waals surface area (Å²) in [5.74, 6) is -2.14. The second-order valence-electron chi connectivity index (χ2n) is 6.10. The van der Waals surface area contributed by atoms with E-state index >= 15 is 0 Å². The third-order valence-electron chi connectivity index (χ3n) is 4.55. The van der Waals surface area contributed by atoms with E-state index in [1.807, 2.05) is 43.1 Å². The first-order valence-corrected chi connectivity index (χ1v) is 8.07. The normalized spacial score (nSPS) is 19.0. The molecule has 0 heterocycles. The molecule has 1 amide bonds. The van der Waals surface area contributed by atoms with E-state index in [1.165, 1.54) is 18.2 Å². The second-order valence-corrected chi connectivity index (χ2v) is 6.10. The molecule has 1 aliphatic rings. The number of nitrogens with zero attached hydrogens (tertiary/aromatic N) is 1. The minimum atomic E-state index is -0.582. The Bertz CT molecular complexity index is 743. The summed E-state index contributed by atoms with van der Waals surface area (Å²) in [6, 6.07) is 11.3. The topological polar surface area (TPSA) is 32.3 Å². The largest absolute Gasteiger partial charge is 0.373 e.